The van der Waals surface area contributed by atoms with Crippen molar-refractivity contribution in [3.63, 3.8) is 0 Å². The van der Waals surface area contributed by atoms with E-state index in [2.05, 4.69) is 9.97 Å². The predicted molar refractivity (Wildman–Crippen MR) is 70.0 cm³/mol. The number of esters is 1. The van der Waals surface area contributed by atoms with Crippen LogP contribution in [0.5, 0.6) is 5.88 Å². The molecule has 0 unspecified atom stereocenters. The Morgan fingerprint density at radius 3 is 2.84 bits per heavy atom. The number of aromatic nitrogens is 2. The van der Waals surface area contributed by atoms with E-state index in [1.54, 1.807) is 25.4 Å². The Morgan fingerprint density at radius 1 is 1.37 bits per heavy atom. The molecule has 0 saturated carbocycles. The van der Waals surface area contributed by atoms with Gasteiger partial charge in [-0.15, -0.1) is 0 Å². The van der Waals surface area contributed by atoms with Gasteiger partial charge in [0.1, 0.15) is 0 Å². The number of carbonyl (C=O) groups is 1. The van der Waals surface area contributed by atoms with Gasteiger partial charge in [-0.05, 0) is 19.1 Å². The van der Waals surface area contributed by atoms with Crippen LogP contribution in [0.1, 0.15) is 17.3 Å². The Kier molecular flexibility index (Phi) is 4.07. The van der Waals surface area contributed by atoms with E-state index in [0.29, 0.717) is 23.6 Å². The van der Waals surface area contributed by atoms with Gasteiger partial charge in [-0.25, -0.2) is 9.78 Å². The lowest BCUT2D eigenvalue weighted by Crippen LogP contribution is -2.06. The number of ether oxygens (including phenoxy) is 2. The fourth-order valence-electron chi connectivity index (χ4n) is 1.67. The number of rotatable bonds is 4. The van der Waals surface area contributed by atoms with Crippen LogP contribution in [0.4, 0.5) is 0 Å². The van der Waals surface area contributed by atoms with E-state index < -0.39 is 5.97 Å². The molecule has 0 saturated heterocycles. The minimum Gasteiger partial charge on any atom is -0.481 e. The molecule has 0 aliphatic heterocycles. The summed E-state index contributed by atoms with van der Waals surface area (Å²) in [5.74, 6) is 0.0452. The van der Waals surface area contributed by atoms with E-state index in [1.165, 1.54) is 13.3 Å². The second-order valence-corrected chi connectivity index (χ2v) is 3.74. The maximum Gasteiger partial charge on any atom is 0.339 e. The van der Waals surface area contributed by atoms with Crippen LogP contribution in [0.25, 0.3) is 11.1 Å². The molecular formula is C14H14N2O3. The molecule has 0 atom stereocenters. The standard InChI is InChI=1S/C14H14N2O3/c1-3-19-14(17)11-7-12(13(18-2)16-9-11)10-5-4-6-15-8-10/h4-9H,3H2,1-2H3. The fraction of sp³-hybridized carbons (Fsp3) is 0.214. The molecule has 0 fully saturated rings. The first-order valence-corrected chi connectivity index (χ1v) is 5.87. The van der Waals surface area contributed by atoms with E-state index in [9.17, 15) is 4.79 Å². The van der Waals surface area contributed by atoms with Crippen LogP contribution in [0.2, 0.25) is 0 Å². The van der Waals surface area contributed by atoms with Gasteiger partial charge in [0.2, 0.25) is 5.88 Å². The number of nitrogens with zero attached hydrogens (tertiary/aromatic N) is 2. The molecule has 2 aromatic heterocycles. The maximum atomic E-state index is 11.7. The second kappa shape index (κ2) is 5.95. The van der Waals surface area contributed by atoms with Crippen molar-refractivity contribution in [1.82, 2.24) is 9.97 Å². The van der Waals surface area contributed by atoms with E-state index in [4.69, 9.17) is 9.47 Å². The van der Waals surface area contributed by atoms with Gasteiger partial charge in [0.05, 0.1) is 19.3 Å². The van der Waals surface area contributed by atoms with Crippen molar-refractivity contribution < 1.29 is 14.3 Å². The molecule has 0 aromatic carbocycles. The quantitative estimate of drug-likeness (QED) is 0.788. The van der Waals surface area contributed by atoms with Gasteiger partial charge in [-0.3, -0.25) is 4.98 Å². The second-order valence-electron chi connectivity index (χ2n) is 3.74. The lowest BCUT2D eigenvalue weighted by atomic mass is 10.1. The first-order valence-electron chi connectivity index (χ1n) is 5.87. The van der Waals surface area contributed by atoms with Gasteiger partial charge in [0, 0.05) is 29.7 Å². The highest BCUT2D eigenvalue weighted by Gasteiger charge is 2.13. The highest BCUT2D eigenvalue weighted by atomic mass is 16.5. The Balaban J connectivity index is 2.46. The van der Waals surface area contributed by atoms with Crippen LogP contribution in [0, 0.1) is 0 Å². The summed E-state index contributed by atoms with van der Waals surface area (Å²) >= 11 is 0. The zero-order valence-corrected chi connectivity index (χ0v) is 10.8. The largest absolute Gasteiger partial charge is 0.481 e. The number of hydrogen-bond donors (Lipinski definition) is 0. The number of carbonyl (C=O) groups excluding carboxylic acids is 1. The maximum absolute atomic E-state index is 11.7. The summed E-state index contributed by atoms with van der Waals surface area (Å²) in [6.45, 7) is 2.09. The third kappa shape index (κ3) is 2.88. The van der Waals surface area contributed by atoms with Crippen LogP contribution in [-0.4, -0.2) is 29.7 Å². The van der Waals surface area contributed by atoms with Crippen LogP contribution in [-0.2, 0) is 4.74 Å². The molecule has 98 valence electrons. The Bertz CT molecular complexity index is 570. The highest BCUT2D eigenvalue weighted by molar-refractivity contribution is 5.91. The summed E-state index contributed by atoms with van der Waals surface area (Å²) in [4.78, 5) is 19.9. The molecule has 2 heterocycles. The number of methoxy groups -OCH3 is 1. The molecule has 0 spiro atoms. The lowest BCUT2D eigenvalue weighted by molar-refractivity contribution is 0.0526. The summed E-state index contributed by atoms with van der Waals surface area (Å²) in [7, 11) is 1.53. The Labute approximate surface area is 111 Å². The van der Waals surface area contributed by atoms with Crippen molar-refractivity contribution in [1.29, 1.82) is 0 Å². The zero-order valence-electron chi connectivity index (χ0n) is 10.8. The fourth-order valence-corrected chi connectivity index (χ4v) is 1.67. The van der Waals surface area contributed by atoms with Gasteiger partial charge in [0.15, 0.2) is 0 Å². The van der Waals surface area contributed by atoms with Crippen molar-refractivity contribution in [3.05, 3.63) is 42.4 Å². The van der Waals surface area contributed by atoms with Crippen LogP contribution in [0.15, 0.2) is 36.8 Å². The Hall–Kier alpha value is -2.43. The minimum absolute atomic E-state index is 0.326. The molecular weight excluding hydrogens is 244 g/mol. The third-order valence-electron chi connectivity index (χ3n) is 2.53. The molecule has 19 heavy (non-hydrogen) atoms. The molecule has 0 bridgehead atoms. The van der Waals surface area contributed by atoms with Crippen molar-refractivity contribution in [2.24, 2.45) is 0 Å². The average molecular weight is 258 g/mol. The molecule has 2 aromatic rings. The average Bonchev–Trinajstić information content (AvgIpc) is 2.47. The van der Waals surface area contributed by atoms with Gasteiger partial charge in [-0.1, -0.05) is 6.07 Å². The first kappa shape index (κ1) is 13.0. The van der Waals surface area contributed by atoms with Gasteiger partial charge < -0.3 is 9.47 Å². The highest BCUT2D eigenvalue weighted by Crippen LogP contribution is 2.28. The SMILES string of the molecule is CCOC(=O)c1cnc(OC)c(-c2cccnc2)c1. The topological polar surface area (TPSA) is 61.3 Å². The molecule has 5 heteroatoms. The lowest BCUT2D eigenvalue weighted by Gasteiger charge is -2.09. The third-order valence-corrected chi connectivity index (χ3v) is 2.53. The summed E-state index contributed by atoms with van der Waals surface area (Å²) < 4.78 is 10.2. The van der Waals surface area contributed by atoms with Crippen molar-refractivity contribution >= 4 is 5.97 Å². The smallest absolute Gasteiger partial charge is 0.339 e. The number of pyridine rings is 2. The molecule has 0 amide bonds. The van der Waals surface area contributed by atoms with Crippen LogP contribution >= 0.6 is 0 Å². The van der Waals surface area contributed by atoms with E-state index in [0.717, 1.165) is 5.56 Å². The monoisotopic (exact) mass is 258 g/mol. The zero-order chi connectivity index (χ0) is 13.7. The number of hydrogen-bond acceptors (Lipinski definition) is 5. The summed E-state index contributed by atoms with van der Waals surface area (Å²) in [5, 5.41) is 0. The molecule has 2 rings (SSSR count). The normalized spacial score (nSPS) is 10.0. The van der Waals surface area contributed by atoms with E-state index >= 15 is 0 Å². The van der Waals surface area contributed by atoms with Crippen LogP contribution in [0.3, 0.4) is 0 Å². The molecule has 0 radical (unpaired) electrons. The minimum atomic E-state index is -0.400. The van der Waals surface area contributed by atoms with Gasteiger partial charge in [-0.2, -0.15) is 0 Å². The molecule has 0 N–H and O–H groups in total. The van der Waals surface area contributed by atoms with E-state index in [1.807, 2.05) is 12.1 Å². The van der Waals surface area contributed by atoms with E-state index in [-0.39, 0.29) is 0 Å². The van der Waals surface area contributed by atoms with Gasteiger partial charge >= 0.3 is 5.97 Å². The van der Waals surface area contributed by atoms with Crippen molar-refractivity contribution in [2.45, 2.75) is 6.92 Å². The van der Waals surface area contributed by atoms with Gasteiger partial charge in [0.25, 0.3) is 0 Å². The summed E-state index contributed by atoms with van der Waals surface area (Å²) in [5.41, 5.74) is 1.93. The summed E-state index contributed by atoms with van der Waals surface area (Å²) in [6.07, 6.45) is 4.81. The van der Waals surface area contributed by atoms with Crippen molar-refractivity contribution in [2.75, 3.05) is 13.7 Å². The first-order chi connectivity index (χ1) is 9.26. The molecule has 0 aliphatic rings. The van der Waals surface area contributed by atoms with Crippen molar-refractivity contribution in [3.8, 4) is 17.0 Å². The Morgan fingerprint density at radius 2 is 2.21 bits per heavy atom. The van der Waals surface area contributed by atoms with Crippen LogP contribution < -0.4 is 4.74 Å². The molecule has 0 aliphatic carbocycles. The predicted octanol–water partition coefficient (Wildman–Crippen LogP) is 2.33. The summed E-state index contributed by atoms with van der Waals surface area (Å²) in [6, 6.07) is 5.38. The molecule has 5 nitrogen and oxygen atoms in total.